The van der Waals surface area contributed by atoms with Crippen molar-refractivity contribution in [1.29, 1.82) is 0 Å². The first-order valence-electron chi connectivity index (χ1n) is 2.76. The molecule has 48 valence electrons. The fourth-order valence-electron chi connectivity index (χ4n) is 0.330. The maximum absolute atomic E-state index is 9.99. The lowest BCUT2D eigenvalue weighted by atomic mass is 10.4. The van der Waals surface area contributed by atoms with E-state index < -0.39 is 6.09 Å². The predicted octanol–water partition coefficient (Wildman–Crippen LogP) is 0.165. The Morgan fingerprint density at radius 1 is 1.75 bits per heavy atom. The number of carbonyl (C=O) groups excluding carboxylic acids is 1. The topological polar surface area (TPSA) is 53.9 Å². The molecule has 0 aromatic rings. The zero-order valence-electron chi connectivity index (χ0n) is 5.14. The zero-order valence-corrected chi connectivity index (χ0v) is 5.14. The van der Waals surface area contributed by atoms with E-state index in [0.29, 0.717) is 6.61 Å². The highest BCUT2D eigenvalue weighted by molar-refractivity contribution is 5.53. The molecule has 0 atom stereocenters. The van der Waals surface area contributed by atoms with Crippen LogP contribution in [0.25, 0.3) is 0 Å². The molecule has 3 heteroatoms. The quantitative estimate of drug-likeness (QED) is 0.537. The molecule has 8 heavy (non-hydrogen) atoms. The predicted molar refractivity (Wildman–Crippen MR) is 29.1 cm³/mol. The largest absolute Gasteiger partial charge is 0.511 e. The monoisotopic (exact) mass is 118 g/mol. The van der Waals surface area contributed by atoms with Crippen molar-refractivity contribution in [3.05, 3.63) is 0 Å². The van der Waals surface area contributed by atoms with E-state index in [9.17, 15) is 4.79 Å². The Hall–Kier alpha value is -0.570. The summed E-state index contributed by atoms with van der Waals surface area (Å²) >= 11 is 0. The van der Waals surface area contributed by atoms with Crippen LogP contribution in [-0.2, 0) is 4.74 Å². The standard InChI is InChI=1S/C5H11NO2/c1-2-3-4-8-5(6)7/h2-4H2,1H3,(H2,6,7)/p+1. The highest BCUT2D eigenvalue weighted by Gasteiger charge is 1.93. The van der Waals surface area contributed by atoms with Crippen LogP contribution < -0.4 is 5.73 Å². The first-order chi connectivity index (χ1) is 3.77. The van der Waals surface area contributed by atoms with E-state index in [1.807, 2.05) is 6.92 Å². The third kappa shape index (κ3) is 5.43. The molecule has 0 saturated heterocycles. The Kier molecular flexibility index (Phi) is 4.26. The number of rotatable bonds is 3. The molecular formula is C5H12NO2+. The van der Waals surface area contributed by atoms with Gasteiger partial charge in [0.15, 0.2) is 0 Å². The second kappa shape index (κ2) is 4.59. The van der Waals surface area contributed by atoms with E-state index in [1.54, 1.807) is 0 Å². The van der Waals surface area contributed by atoms with E-state index in [0.717, 1.165) is 12.8 Å². The van der Waals surface area contributed by atoms with Crippen molar-refractivity contribution in [2.75, 3.05) is 6.61 Å². The molecule has 0 heterocycles. The summed E-state index contributed by atoms with van der Waals surface area (Å²) in [6.07, 6.45) is 1.55. The Morgan fingerprint density at radius 2 is 2.38 bits per heavy atom. The average molecular weight is 118 g/mol. The molecule has 3 nitrogen and oxygen atoms in total. The number of quaternary nitrogens is 1. The minimum Gasteiger partial charge on any atom is -0.420 e. The van der Waals surface area contributed by atoms with Gasteiger partial charge in [0.05, 0.1) is 6.61 Å². The van der Waals surface area contributed by atoms with Gasteiger partial charge in [-0.15, -0.1) is 0 Å². The van der Waals surface area contributed by atoms with Crippen molar-refractivity contribution in [3.8, 4) is 0 Å². The molecular weight excluding hydrogens is 106 g/mol. The van der Waals surface area contributed by atoms with Crippen LogP contribution in [-0.4, -0.2) is 12.7 Å². The van der Waals surface area contributed by atoms with Crippen LogP contribution in [0.2, 0.25) is 0 Å². The molecule has 0 aliphatic heterocycles. The number of ether oxygens (including phenoxy) is 1. The van der Waals surface area contributed by atoms with Gasteiger partial charge in [-0.2, -0.15) is 4.79 Å². The number of carbonyl (C=O) groups is 1. The minimum atomic E-state index is -0.432. The molecule has 1 amide bonds. The SMILES string of the molecule is CCCCOC([NH3+])=O. The zero-order chi connectivity index (χ0) is 6.41. The first-order valence-corrected chi connectivity index (χ1v) is 2.76. The number of amides is 1. The Labute approximate surface area is 48.8 Å². The molecule has 0 spiro atoms. The van der Waals surface area contributed by atoms with Crippen LogP contribution in [0.3, 0.4) is 0 Å². The summed E-state index contributed by atoms with van der Waals surface area (Å²) < 4.78 is 4.53. The van der Waals surface area contributed by atoms with Crippen LogP contribution in [0, 0.1) is 0 Å². The minimum absolute atomic E-state index is 0.432. The molecule has 0 aliphatic carbocycles. The Morgan fingerprint density at radius 3 is 2.75 bits per heavy atom. The van der Waals surface area contributed by atoms with Crippen molar-refractivity contribution < 1.29 is 15.3 Å². The van der Waals surface area contributed by atoms with Gasteiger partial charge in [0.25, 0.3) is 0 Å². The summed E-state index contributed by atoms with van der Waals surface area (Å²) in [5, 5.41) is 0. The Balaban J connectivity index is 2.82. The van der Waals surface area contributed by atoms with Crippen LogP contribution in [0.15, 0.2) is 0 Å². The fraction of sp³-hybridized carbons (Fsp3) is 0.800. The number of hydrogen-bond donors (Lipinski definition) is 1. The van der Waals surface area contributed by atoms with Gasteiger partial charge in [-0.05, 0) is 6.42 Å². The van der Waals surface area contributed by atoms with Crippen LogP contribution in [0.5, 0.6) is 0 Å². The third-order valence-electron chi connectivity index (χ3n) is 0.761. The van der Waals surface area contributed by atoms with E-state index in [-0.39, 0.29) is 0 Å². The molecule has 0 unspecified atom stereocenters. The van der Waals surface area contributed by atoms with Gasteiger partial charge < -0.3 is 4.74 Å². The molecule has 0 bridgehead atoms. The van der Waals surface area contributed by atoms with Crippen molar-refractivity contribution in [1.82, 2.24) is 0 Å². The van der Waals surface area contributed by atoms with E-state index >= 15 is 0 Å². The molecule has 0 rings (SSSR count). The summed E-state index contributed by atoms with van der Waals surface area (Å²) in [5.41, 5.74) is 3.05. The van der Waals surface area contributed by atoms with Gasteiger partial charge in [0, 0.05) is 0 Å². The van der Waals surface area contributed by atoms with E-state index in [2.05, 4.69) is 10.5 Å². The first kappa shape index (κ1) is 7.43. The second-order valence-electron chi connectivity index (χ2n) is 1.57. The molecule has 0 aromatic carbocycles. The fourth-order valence-corrected chi connectivity index (χ4v) is 0.330. The van der Waals surface area contributed by atoms with Gasteiger partial charge in [0.2, 0.25) is 0 Å². The van der Waals surface area contributed by atoms with Gasteiger partial charge in [0.1, 0.15) is 0 Å². The van der Waals surface area contributed by atoms with E-state index in [1.165, 1.54) is 0 Å². The second-order valence-corrected chi connectivity index (χ2v) is 1.57. The van der Waals surface area contributed by atoms with Gasteiger partial charge in [-0.3, -0.25) is 5.73 Å². The normalized spacial score (nSPS) is 8.75. The molecule has 0 aromatic heterocycles. The summed E-state index contributed by atoms with van der Waals surface area (Å²) in [5.74, 6) is 0. The number of hydrogen-bond acceptors (Lipinski definition) is 2. The molecule has 0 radical (unpaired) electrons. The molecule has 0 saturated carbocycles. The maximum atomic E-state index is 9.99. The lowest BCUT2D eigenvalue weighted by Crippen LogP contribution is -2.57. The Bertz CT molecular complexity index is 72.8. The van der Waals surface area contributed by atoms with Crippen LogP contribution in [0.4, 0.5) is 4.79 Å². The smallest absolute Gasteiger partial charge is 0.420 e. The van der Waals surface area contributed by atoms with Crippen LogP contribution >= 0.6 is 0 Å². The van der Waals surface area contributed by atoms with Crippen molar-refractivity contribution in [2.45, 2.75) is 19.8 Å². The summed E-state index contributed by atoms with van der Waals surface area (Å²) in [6, 6.07) is 0. The van der Waals surface area contributed by atoms with Crippen molar-refractivity contribution >= 4 is 6.09 Å². The summed E-state index contributed by atoms with van der Waals surface area (Å²) in [6.45, 7) is 2.55. The van der Waals surface area contributed by atoms with Crippen molar-refractivity contribution in [3.63, 3.8) is 0 Å². The van der Waals surface area contributed by atoms with Gasteiger partial charge >= 0.3 is 6.09 Å². The highest BCUT2D eigenvalue weighted by atomic mass is 16.5. The van der Waals surface area contributed by atoms with Gasteiger partial charge in [-0.1, -0.05) is 13.3 Å². The lowest BCUT2D eigenvalue weighted by Gasteiger charge is -1.93. The van der Waals surface area contributed by atoms with Crippen molar-refractivity contribution in [2.24, 2.45) is 0 Å². The molecule has 0 aliphatic rings. The summed E-state index contributed by atoms with van der Waals surface area (Å²) in [7, 11) is 0. The lowest BCUT2D eigenvalue weighted by molar-refractivity contribution is -0.282. The summed E-state index contributed by atoms with van der Waals surface area (Å²) in [4.78, 5) is 9.99. The molecule has 0 fully saturated rings. The third-order valence-corrected chi connectivity index (χ3v) is 0.761. The van der Waals surface area contributed by atoms with E-state index in [4.69, 9.17) is 0 Å². The number of unbranched alkanes of at least 4 members (excludes halogenated alkanes) is 1. The maximum Gasteiger partial charge on any atom is 0.511 e. The highest BCUT2D eigenvalue weighted by Crippen LogP contribution is 1.85. The van der Waals surface area contributed by atoms with Crippen LogP contribution in [0.1, 0.15) is 19.8 Å². The average Bonchev–Trinajstić information content (AvgIpc) is 1.66. The molecule has 3 N–H and O–H groups in total. The van der Waals surface area contributed by atoms with Gasteiger partial charge in [-0.25, -0.2) is 0 Å².